The van der Waals surface area contributed by atoms with Crippen LogP contribution in [-0.4, -0.2) is 29.8 Å². The highest BCUT2D eigenvalue weighted by atomic mass is 16.5. The highest BCUT2D eigenvalue weighted by molar-refractivity contribution is 4.98. The molecule has 0 fully saturated rings. The Balaban J connectivity index is 2.37. The Labute approximate surface area is 104 Å². The first kappa shape index (κ1) is 14.2. The number of nitrogens with one attached hydrogen (secondary N) is 1. The van der Waals surface area contributed by atoms with Gasteiger partial charge in [-0.15, -0.1) is 0 Å². The summed E-state index contributed by atoms with van der Waals surface area (Å²) in [6.07, 6.45) is 5.01. The van der Waals surface area contributed by atoms with E-state index in [0.717, 1.165) is 32.7 Å². The normalized spacial score (nSPS) is 12.0. The molecule has 0 atom stereocenters. The zero-order valence-electron chi connectivity index (χ0n) is 11.5. The van der Waals surface area contributed by atoms with E-state index in [1.165, 1.54) is 5.69 Å². The summed E-state index contributed by atoms with van der Waals surface area (Å²) in [5.74, 6) is 0. The molecule has 0 amide bonds. The van der Waals surface area contributed by atoms with Crippen LogP contribution in [0.4, 0.5) is 0 Å². The molecule has 0 aromatic carbocycles. The molecule has 0 saturated heterocycles. The third kappa shape index (κ3) is 5.84. The molecule has 1 aromatic rings. The van der Waals surface area contributed by atoms with Gasteiger partial charge in [0.1, 0.15) is 0 Å². The van der Waals surface area contributed by atoms with Gasteiger partial charge in [0.2, 0.25) is 0 Å². The number of hydrogen-bond donors (Lipinski definition) is 1. The van der Waals surface area contributed by atoms with Crippen molar-refractivity contribution < 1.29 is 4.74 Å². The highest BCUT2D eigenvalue weighted by Gasteiger charge is 2.11. The van der Waals surface area contributed by atoms with E-state index in [0.29, 0.717) is 5.41 Å². The molecule has 0 radical (unpaired) electrons. The molecular formula is C13H25N3O. The summed E-state index contributed by atoms with van der Waals surface area (Å²) in [7, 11) is 1.72. The fourth-order valence-corrected chi connectivity index (χ4v) is 1.54. The van der Waals surface area contributed by atoms with Crippen molar-refractivity contribution >= 4 is 0 Å². The van der Waals surface area contributed by atoms with E-state index in [1.807, 2.05) is 12.5 Å². The van der Waals surface area contributed by atoms with Crippen LogP contribution >= 0.6 is 0 Å². The standard InChI is InChI=1S/C13H25N3O/c1-13(2,3)5-7-16-11-15-10-12(16)9-14-6-8-17-4/h10-11,14H,5-9H2,1-4H3. The number of imidazole rings is 1. The minimum absolute atomic E-state index is 0.366. The van der Waals surface area contributed by atoms with Crippen LogP contribution in [0.25, 0.3) is 0 Å². The van der Waals surface area contributed by atoms with Gasteiger partial charge in [-0.2, -0.15) is 0 Å². The summed E-state index contributed by atoms with van der Waals surface area (Å²) in [5.41, 5.74) is 1.61. The number of ether oxygens (including phenoxy) is 1. The second kappa shape index (κ2) is 6.77. The van der Waals surface area contributed by atoms with Crippen LogP contribution in [0.2, 0.25) is 0 Å². The maximum Gasteiger partial charge on any atom is 0.0948 e. The van der Waals surface area contributed by atoms with Gasteiger partial charge in [0.05, 0.1) is 18.6 Å². The van der Waals surface area contributed by atoms with E-state index in [-0.39, 0.29) is 0 Å². The van der Waals surface area contributed by atoms with E-state index in [1.54, 1.807) is 7.11 Å². The third-order valence-corrected chi connectivity index (χ3v) is 2.69. The Hall–Kier alpha value is -0.870. The molecule has 1 aromatic heterocycles. The lowest BCUT2D eigenvalue weighted by molar-refractivity contribution is 0.199. The van der Waals surface area contributed by atoms with Gasteiger partial charge in [-0.05, 0) is 11.8 Å². The van der Waals surface area contributed by atoms with Gasteiger partial charge in [0.25, 0.3) is 0 Å². The predicted octanol–water partition coefficient (Wildman–Crippen LogP) is 2.06. The zero-order valence-corrected chi connectivity index (χ0v) is 11.5. The SMILES string of the molecule is COCCNCc1cncn1CCC(C)(C)C. The van der Waals surface area contributed by atoms with Gasteiger partial charge >= 0.3 is 0 Å². The summed E-state index contributed by atoms with van der Waals surface area (Å²) in [6.45, 7) is 10.3. The van der Waals surface area contributed by atoms with Gasteiger partial charge in [0, 0.05) is 32.9 Å². The fraction of sp³-hybridized carbons (Fsp3) is 0.769. The minimum atomic E-state index is 0.366. The largest absolute Gasteiger partial charge is 0.383 e. The van der Waals surface area contributed by atoms with Gasteiger partial charge in [-0.3, -0.25) is 0 Å². The highest BCUT2D eigenvalue weighted by Crippen LogP contribution is 2.19. The van der Waals surface area contributed by atoms with Crippen molar-refractivity contribution in [2.45, 2.75) is 40.3 Å². The molecule has 0 unspecified atom stereocenters. The van der Waals surface area contributed by atoms with Crippen molar-refractivity contribution in [1.29, 1.82) is 0 Å². The number of rotatable bonds is 7. The molecule has 0 saturated carbocycles. The zero-order chi connectivity index (χ0) is 12.7. The molecule has 0 aliphatic heterocycles. The van der Waals surface area contributed by atoms with Gasteiger partial charge in [-0.1, -0.05) is 20.8 Å². The summed E-state index contributed by atoms with van der Waals surface area (Å²) in [6, 6.07) is 0. The Morgan fingerprint density at radius 1 is 1.41 bits per heavy atom. The molecule has 98 valence electrons. The molecular weight excluding hydrogens is 214 g/mol. The third-order valence-electron chi connectivity index (χ3n) is 2.69. The number of hydrogen-bond acceptors (Lipinski definition) is 3. The van der Waals surface area contributed by atoms with Crippen LogP contribution in [0.3, 0.4) is 0 Å². The van der Waals surface area contributed by atoms with Crippen molar-refractivity contribution in [1.82, 2.24) is 14.9 Å². The molecule has 1 heterocycles. The van der Waals surface area contributed by atoms with Crippen molar-refractivity contribution in [2.75, 3.05) is 20.3 Å². The van der Waals surface area contributed by atoms with Crippen LogP contribution < -0.4 is 5.32 Å². The molecule has 1 N–H and O–H groups in total. The van der Waals surface area contributed by atoms with E-state index >= 15 is 0 Å². The van der Waals surface area contributed by atoms with Gasteiger partial charge in [0.15, 0.2) is 0 Å². The van der Waals surface area contributed by atoms with E-state index in [2.05, 4.69) is 35.6 Å². The Morgan fingerprint density at radius 2 is 2.18 bits per heavy atom. The van der Waals surface area contributed by atoms with Gasteiger partial charge in [-0.25, -0.2) is 4.98 Å². The predicted molar refractivity (Wildman–Crippen MR) is 69.9 cm³/mol. The Bertz CT molecular complexity index is 315. The van der Waals surface area contributed by atoms with Crippen molar-refractivity contribution in [3.8, 4) is 0 Å². The molecule has 0 aliphatic rings. The lowest BCUT2D eigenvalue weighted by Gasteiger charge is -2.19. The lowest BCUT2D eigenvalue weighted by Crippen LogP contribution is -2.21. The van der Waals surface area contributed by atoms with Crippen LogP contribution in [0.1, 0.15) is 32.9 Å². The lowest BCUT2D eigenvalue weighted by atomic mass is 9.92. The van der Waals surface area contributed by atoms with Gasteiger partial charge < -0.3 is 14.6 Å². The first-order chi connectivity index (χ1) is 8.03. The molecule has 4 nitrogen and oxygen atoms in total. The molecule has 17 heavy (non-hydrogen) atoms. The van der Waals surface area contributed by atoms with Crippen molar-refractivity contribution in [3.05, 3.63) is 18.2 Å². The quantitative estimate of drug-likeness (QED) is 0.740. The Morgan fingerprint density at radius 3 is 2.82 bits per heavy atom. The summed E-state index contributed by atoms with van der Waals surface area (Å²) in [5, 5.41) is 3.34. The van der Waals surface area contributed by atoms with E-state index in [4.69, 9.17) is 4.74 Å². The smallest absolute Gasteiger partial charge is 0.0948 e. The second-order valence-electron chi connectivity index (χ2n) is 5.56. The van der Waals surface area contributed by atoms with Crippen LogP contribution in [0, 0.1) is 5.41 Å². The first-order valence-electron chi connectivity index (χ1n) is 6.21. The van der Waals surface area contributed by atoms with Crippen molar-refractivity contribution in [2.24, 2.45) is 5.41 Å². The summed E-state index contributed by atoms with van der Waals surface area (Å²) >= 11 is 0. The van der Waals surface area contributed by atoms with Crippen LogP contribution in [-0.2, 0) is 17.8 Å². The average Bonchev–Trinajstić information content (AvgIpc) is 2.68. The number of methoxy groups -OCH3 is 1. The monoisotopic (exact) mass is 239 g/mol. The second-order valence-corrected chi connectivity index (χ2v) is 5.56. The van der Waals surface area contributed by atoms with Crippen LogP contribution in [0.5, 0.6) is 0 Å². The fourth-order valence-electron chi connectivity index (χ4n) is 1.54. The number of nitrogens with zero attached hydrogens (tertiary/aromatic N) is 2. The summed E-state index contributed by atoms with van der Waals surface area (Å²) in [4.78, 5) is 4.21. The maximum atomic E-state index is 5.00. The minimum Gasteiger partial charge on any atom is -0.383 e. The first-order valence-corrected chi connectivity index (χ1v) is 6.21. The van der Waals surface area contributed by atoms with E-state index < -0.39 is 0 Å². The number of aromatic nitrogens is 2. The maximum absolute atomic E-state index is 5.00. The molecule has 0 spiro atoms. The molecule has 4 heteroatoms. The molecule has 0 aliphatic carbocycles. The van der Waals surface area contributed by atoms with E-state index in [9.17, 15) is 0 Å². The topological polar surface area (TPSA) is 39.1 Å². The number of aryl methyl sites for hydroxylation is 1. The average molecular weight is 239 g/mol. The molecule has 1 rings (SSSR count). The Kier molecular flexibility index (Phi) is 5.65. The van der Waals surface area contributed by atoms with Crippen LogP contribution in [0.15, 0.2) is 12.5 Å². The summed E-state index contributed by atoms with van der Waals surface area (Å²) < 4.78 is 7.23. The van der Waals surface area contributed by atoms with Crippen molar-refractivity contribution in [3.63, 3.8) is 0 Å². The molecule has 0 bridgehead atoms.